The Bertz CT molecular complexity index is 484. The predicted molar refractivity (Wildman–Crippen MR) is 74.6 cm³/mol. The molecule has 0 aliphatic rings. The lowest BCUT2D eigenvalue weighted by Crippen LogP contribution is -2.30. The van der Waals surface area contributed by atoms with E-state index in [1.165, 1.54) is 0 Å². The highest BCUT2D eigenvalue weighted by atomic mass is 35.5. The second kappa shape index (κ2) is 7.05. The Morgan fingerprint density at radius 1 is 1.39 bits per heavy atom. The lowest BCUT2D eigenvalue weighted by atomic mass is 10.1. The van der Waals surface area contributed by atoms with Crippen LogP contribution in [0.1, 0.15) is 29.8 Å². The summed E-state index contributed by atoms with van der Waals surface area (Å²) in [5.41, 5.74) is 6.58. The maximum Gasteiger partial charge on any atom is 0.253 e. The Morgan fingerprint density at radius 2 is 2.06 bits per heavy atom. The lowest BCUT2D eigenvalue weighted by molar-refractivity contribution is 0.0773. The van der Waals surface area contributed by atoms with Gasteiger partial charge < -0.3 is 10.6 Å². The van der Waals surface area contributed by atoms with Crippen LogP contribution in [0.2, 0.25) is 5.02 Å². The van der Waals surface area contributed by atoms with Gasteiger partial charge in [0, 0.05) is 24.2 Å². The summed E-state index contributed by atoms with van der Waals surface area (Å²) in [5.74, 6) is 5.59. The normalized spacial score (nSPS) is 9.56. The van der Waals surface area contributed by atoms with Crippen LogP contribution in [0.5, 0.6) is 0 Å². The fraction of sp³-hybridized carbons (Fsp3) is 0.357. The maximum atomic E-state index is 12.1. The Hall–Kier alpha value is -1.50. The maximum absolute atomic E-state index is 12.1. The first-order valence-electron chi connectivity index (χ1n) is 5.91. The van der Waals surface area contributed by atoms with Crippen molar-refractivity contribution in [1.29, 1.82) is 0 Å². The van der Waals surface area contributed by atoms with Crippen molar-refractivity contribution in [2.45, 2.75) is 13.8 Å². The Labute approximate surface area is 113 Å². The molecule has 1 amide bonds. The van der Waals surface area contributed by atoms with Gasteiger partial charge in [0.15, 0.2) is 0 Å². The number of carbonyl (C=O) groups is 1. The lowest BCUT2D eigenvalue weighted by Gasteiger charge is -2.18. The average molecular weight is 265 g/mol. The number of nitrogens with two attached hydrogens (primary N) is 1. The van der Waals surface area contributed by atoms with E-state index in [-0.39, 0.29) is 12.5 Å². The van der Waals surface area contributed by atoms with Gasteiger partial charge in [0.05, 0.1) is 11.6 Å². The van der Waals surface area contributed by atoms with Gasteiger partial charge in [0.25, 0.3) is 5.91 Å². The standard InChI is InChI=1S/C14H17ClN2O/c1-3-17(4-2)14(18)12-8-7-11(6-5-9-16)13(15)10-12/h7-8,10H,3-4,9,16H2,1-2H3. The van der Waals surface area contributed by atoms with Crippen molar-refractivity contribution in [3.05, 3.63) is 34.3 Å². The van der Waals surface area contributed by atoms with E-state index in [0.29, 0.717) is 29.2 Å². The Kier molecular flexibility index (Phi) is 5.70. The van der Waals surface area contributed by atoms with E-state index in [2.05, 4.69) is 11.8 Å². The number of rotatable bonds is 3. The van der Waals surface area contributed by atoms with Gasteiger partial charge in [-0.05, 0) is 32.0 Å². The first kappa shape index (κ1) is 14.6. The third-order valence-corrected chi connectivity index (χ3v) is 2.90. The van der Waals surface area contributed by atoms with Gasteiger partial charge in [-0.1, -0.05) is 23.4 Å². The van der Waals surface area contributed by atoms with Gasteiger partial charge in [-0.2, -0.15) is 0 Å². The molecule has 0 aliphatic heterocycles. The number of benzene rings is 1. The smallest absolute Gasteiger partial charge is 0.253 e. The number of nitrogens with zero attached hydrogens (tertiary/aromatic N) is 1. The molecule has 0 saturated heterocycles. The van der Waals surface area contributed by atoms with Crippen LogP contribution in [0.15, 0.2) is 18.2 Å². The zero-order valence-corrected chi connectivity index (χ0v) is 11.4. The van der Waals surface area contributed by atoms with E-state index in [1.807, 2.05) is 13.8 Å². The molecule has 1 rings (SSSR count). The summed E-state index contributed by atoms with van der Waals surface area (Å²) in [6, 6.07) is 5.15. The zero-order chi connectivity index (χ0) is 13.5. The second-order valence-electron chi connectivity index (χ2n) is 3.68. The molecule has 3 nitrogen and oxygen atoms in total. The van der Waals surface area contributed by atoms with Crippen LogP contribution in [0.4, 0.5) is 0 Å². The number of hydrogen-bond donors (Lipinski definition) is 1. The highest BCUT2D eigenvalue weighted by Crippen LogP contribution is 2.18. The predicted octanol–water partition coefficient (Wildman–Crippen LogP) is 2.13. The zero-order valence-electron chi connectivity index (χ0n) is 10.7. The summed E-state index contributed by atoms with van der Waals surface area (Å²) in [6.07, 6.45) is 0. The van der Waals surface area contributed by atoms with E-state index >= 15 is 0 Å². The molecule has 0 spiro atoms. The molecule has 18 heavy (non-hydrogen) atoms. The first-order chi connectivity index (χ1) is 8.63. The van der Waals surface area contributed by atoms with E-state index < -0.39 is 0 Å². The van der Waals surface area contributed by atoms with Crippen molar-refractivity contribution in [2.24, 2.45) is 5.73 Å². The highest BCUT2D eigenvalue weighted by Gasteiger charge is 2.13. The van der Waals surface area contributed by atoms with Gasteiger partial charge in [-0.15, -0.1) is 0 Å². The van der Waals surface area contributed by atoms with E-state index in [4.69, 9.17) is 17.3 Å². The molecule has 0 bridgehead atoms. The molecule has 0 fully saturated rings. The summed E-state index contributed by atoms with van der Waals surface area (Å²) < 4.78 is 0. The van der Waals surface area contributed by atoms with Crippen molar-refractivity contribution in [2.75, 3.05) is 19.6 Å². The van der Waals surface area contributed by atoms with Crippen molar-refractivity contribution in [3.63, 3.8) is 0 Å². The molecule has 0 aliphatic carbocycles. The van der Waals surface area contributed by atoms with Crippen molar-refractivity contribution in [3.8, 4) is 11.8 Å². The number of hydrogen-bond acceptors (Lipinski definition) is 2. The van der Waals surface area contributed by atoms with Gasteiger partial charge in [0.1, 0.15) is 0 Å². The van der Waals surface area contributed by atoms with E-state index in [9.17, 15) is 4.79 Å². The van der Waals surface area contributed by atoms with E-state index in [0.717, 1.165) is 0 Å². The average Bonchev–Trinajstić information content (AvgIpc) is 2.38. The van der Waals surface area contributed by atoms with Gasteiger partial charge in [-0.25, -0.2) is 0 Å². The second-order valence-corrected chi connectivity index (χ2v) is 4.09. The molecule has 0 radical (unpaired) electrons. The minimum atomic E-state index is -0.0137. The summed E-state index contributed by atoms with van der Waals surface area (Å²) in [5, 5.41) is 0.481. The molecule has 0 saturated carbocycles. The van der Waals surface area contributed by atoms with E-state index in [1.54, 1.807) is 23.1 Å². The Balaban J connectivity index is 3.00. The molecule has 96 valence electrons. The van der Waals surface area contributed by atoms with Gasteiger partial charge >= 0.3 is 0 Å². The molecule has 0 aromatic heterocycles. The van der Waals surface area contributed by atoms with Gasteiger partial charge in [-0.3, -0.25) is 4.79 Å². The third kappa shape index (κ3) is 3.49. The summed E-state index contributed by atoms with van der Waals surface area (Å²) >= 11 is 6.09. The molecular weight excluding hydrogens is 248 g/mol. The Morgan fingerprint density at radius 3 is 2.56 bits per heavy atom. The third-order valence-electron chi connectivity index (χ3n) is 2.59. The van der Waals surface area contributed by atoms with Crippen LogP contribution < -0.4 is 5.73 Å². The molecule has 0 unspecified atom stereocenters. The highest BCUT2D eigenvalue weighted by molar-refractivity contribution is 6.32. The van der Waals surface area contributed by atoms with Crippen LogP contribution in [0.3, 0.4) is 0 Å². The molecule has 4 heteroatoms. The van der Waals surface area contributed by atoms with Crippen LogP contribution in [-0.4, -0.2) is 30.4 Å². The van der Waals surface area contributed by atoms with Crippen molar-refractivity contribution < 1.29 is 4.79 Å². The summed E-state index contributed by atoms with van der Waals surface area (Å²) in [7, 11) is 0. The molecule has 0 atom stereocenters. The SMILES string of the molecule is CCN(CC)C(=O)c1ccc(C#CCN)c(Cl)c1. The molecule has 1 aromatic carbocycles. The largest absolute Gasteiger partial charge is 0.339 e. The number of amides is 1. The molecule has 0 heterocycles. The van der Waals surface area contributed by atoms with Crippen molar-refractivity contribution in [1.82, 2.24) is 4.90 Å². The number of halogens is 1. The monoisotopic (exact) mass is 264 g/mol. The van der Waals surface area contributed by atoms with Gasteiger partial charge in [0.2, 0.25) is 0 Å². The molecule has 1 aromatic rings. The van der Waals surface area contributed by atoms with Crippen LogP contribution in [0.25, 0.3) is 0 Å². The quantitative estimate of drug-likeness (QED) is 0.850. The molecule has 2 N–H and O–H groups in total. The summed E-state index contributed by atoms with van der Waals surface area (Å²) in [4.78, 5) is 13.8. The van der Waals surface area contributed by atoms with Crippen LogP contribution in [0, 0.1) is 11.8 Å². The van der Waals surface area contributed by atoms with Crippen LogP contribution in [-0.2, 0) is 0 Å². The fourth-order valence-corrected chi connectivity index (χ4v) is 1.82. The summed E-state index contributed by atoms with van der Waals surface area (Å²) in [6.45, 7) is 5.55. The number of carbonyl (C=O) groups excluding carboxylic acids is 1. The minimum absolute atomic E-state index is 0.0137. The molecular formula is C14H17ClN2O. The first-order valence-corrected chi connectivity index (χ1v) is 6.29. The fourth-order valence-electron chi connectivity index (χ4n) is 1.59. The van der Waals surface area contributed by atoms with Crippen molar-refractivity contribution >= 4 is 17.5 Å². The van der Waals surface area contributed by atoms with Crippen LogP contribution >= 0.6 is 11.6 Å². The topological polar surface area (TPSA) is 46.3 Å². The minimum Gasteiger partial charge on any atom is -0.339 e.